The lowest BCUT2D eigenvalue weighted by molar-refractivity contribution is -0.124. The molecule has 2 N–H and O–H groups in total. The summed E-state index contributed by atoms with van der Waals surface area (Å²) in [5.74, 6) is -0.892. The molecule has 1 rings (SSSR count). The van der Waals surface area contributed by atoms with E-state index in [1.165, 1.54) is 37.5 Å². The van der Waals surface area contributed by atoms with Crippen LogP contribution in [0.25, 0.3) is 0 Å². The second-order valence-corrected chi connectivity index (χ2v) is 5.35. The van der Waals surface area contributed by atoms with E-state index in [0.29, 0.717) is 12.1 Å². The lowest BCUT2D eigenvalue weighted by Gasteiger charge is -2.07. The van der Waals surface area contributed by atoms with Crippen molar-refractivity contribution >= 4 is 17.5 Å². The van der Waals surface area contributed by atoms with Gasteiger partial charge in [0.25, 0.3) is 0 Å². The van der Waals surface area contributed by atoms with E-state index < -0.39 is 5.82 Å². The van der Waals surface area contributed by atoms with Crippen LogP contribution in [0.3, 0.4) is 0 Å². The molecule has 0 radical (unpaired) electrons. The number of hydrogen-bond donors (Lipinski definition) is 2. The Balaban J connectivity index is 2.11. The minimum atomic E-state index is -0.412. The third-order valence-electron chi connectivity index (χ3n) is 3.31. The average Bonchev–Trinajstić information content (AvgIpc) is 2.49. The van der Waals surface area contributed by atoms with Gasteiger partial charge in [-0.25, -0.2) is 4.39 Å². The van der Waals surface area contributed by atoms with Crippen LogP contribution in [0, 0.1) is 5.82 Å². The summed E-state index contributed by atoms with van der Waals surface area (Å²) in [6.45, 7) is 2.08. The molecule has 0 unspecified atom stereocenters. The first-order valence-corrected chi connectivity index (χ1v) is 7.94. The molecule has 2 amide bonds. The molecular formula is C17H25FN2O2. The third-order valence-corrected chi connectivity index (χ3v) is 3.31. The summed E-state index contributed by atoms with van der Waals surface area (Å²) in [7, 11) is 0. The molecule has 0 aliphatic heterocycles. The van der Waals surface area contributed by atoms with E-state index in [1.54, 1.807) is 6.07 Å². The SMILES string of the molecule is CCCCCCCCC(=O)NCC(=O)Nc1cccc(F)c1. The number of anilines is 1. The minimum Gasteiger partial charge on any atom is -0.347 e. The molecule has 0 aliphatic rings. The summed E-state index contributed by atoms with van der Waals surface area (Å²) in [5.41, 5.74) is 0.384. The number of unbranched alkanes of at least 4 members (excludes halogenated alkanes) is 5. The van der Waals surface area contributed by atoms with Gasteiger partial charge in [0.2, 0.25) is 11.8 Å². The van der Waals surface area contributed by atoms with Gasteiger partial charge >= 0.3 is 0 Å². The number of rotatable bonds is 10. The summed E-state index contributed by atoms with van der Waals surface area (Å²) in [6.07, 6.45) is 7.16. The van der Waals surface area contributed by atoms with Gasteiger partial charge < -0.3 is 10.6 Å². The predicted molar refractivity (Wildman–Crippen MR) is 86.0 cm³/mol. The van der Waals surface area contributed by atoms with E-state index in [2.05, 4.69) is 17.6 Å². The lowest BCUT2D eigenvalue weighted by Crippen LogP contribution is -2.32. The van der Waals surface area contributed by atoms with Crippen molar-refractivity contribution in [3.63, 3.8) is 0 Å². The highest BCUT2D eigenvalue weighted by atomic mass is 19.1. The largest absolute Gasteiger partial charge is 0.347 e. The molecule has 0 fully saturated rings. The van der Waals surface area contributed by atoms with E-state index in [1.807, 2.05) is 0 Å². The summed E-state index contributed by atoms with van der Waals surface area (Å²) in [5, 5.41) is 5.11. The zero-order chi connectivity index (χ0) is 16.2. The third kappa shape index (κ3) is 8.39. The Kier molecular flexibility index (Phi) is 8.88. The van der Waals surface area contributed by atoms with Gasteiger partial charge in [-0.2, -0.15) is 0 Å². The Morgan fingerprint density at radius 3 is 2.50 bits per heavy atom. The smallest absolute Gasteiger partial charge is 0.243 e. The van der Waals surface area contributed by atoms with Crippen LogP contribution in [0.1, 0.15) is 51.9 Å². The topological polar surface area (TPSA) is 58.2 Å². The maximum absolute atomic E-state index is 13.0. The number of amides is 2. The van der Waals surface area contributed by atoms with Gasteiger partial charge in [-0.15, -0.1) is 0 Å². The highest BCUT2D eigenvalue weighted by Gasteiger charge is 2.06. The van der Waals surface area contributed by atoms with Gasteiger partial charge in [0, 0.05) is 12.1 Å². The fraction of sp³-hybridized carbons (Fsp3) is 0.529. The zero-order valence-corrected chi connectivity index (χ0v) is 13.2. The van der Waals surface area contributed by atoms with Crippen molar-refractivity contribution in [2.45, 2.75) is 51.9 Å². The van der Waals surface area contributed by atoms with Crippen LogP contribution in [0.2, 0.25) is 0 Å². The average molecular weight is 308 g/mol. The normalized spacial score (nSPS) is 10.3. The molecule has 5 heteroatoms. The summed E-state index contributed by atoms with van der Waals surface area (Å²) >= 11 is 0. The van der Waals surface area contributed by atoms with Crippen molar-refractivity contribution in [2.24, 2.45) is 0 Å². The first-order valence-electron chi connectivity index (χ1n) is 7.94. The molecule has 0 heterocycles. The number of benzene rings is 1. The highest BCUT2D eigenvalue weighted by molar-refractivity contribution is 5.94. The van der Waals surface area contributed by atoms with Gasteiger partial charge in [-0.05, 0) is 24.6 Å². The maximum Gasteiger partial charge on any atom is 0.243 e. The Morgan fingerprint density at radius 2 is 1.77 bits per heavy atom. The van der Waals surface area contributed by atoms with E-state index in [9.17, 15) is 14.0 Å². The van der Waals surface area contributed by atoms with Crippen molar-refractivity contribution in [1.29, 1.82) is 0 Å². The molecule has 0 saturated carbocycles. The standard InChI is InChI=1S/C17H25FN2O2/c1-2-3-4-5-6-7-11-16(21)19-13-17(22)20-15-10-8-9-14(18)12-15/h8-10,12H,2-7,11,13H2,1H3,(H,19,21)(H,20,22). The number of halogens is 1. The van der Waals surface area contributed by atoms with Gasteiger partial charge in [-0.3, -0.25) is 9.59 Å². The second kappa shape index (κ2) is 10.8. The van der Waals surface area contributed by atoms with Crippen LogP contribution in [0.4, 0.5) is 10.1 Å². The first kappa shape index (κ1) is 18.1. The van der Waals surface area contributed by atoms with Crippen LogP contribution in [0.15, 0.2) is 24.3 Å². The summed E-state index contributed by atoms with van der Waals surface area (Å²) in [6, 6.07) is 5.65. The molecule has 0 spiro atoms. The van der Waals surface area contributed by atoms with Crippen molar-refractivity contribution in [3.05, 3.63) is 30.1 Å². The highest BCUT2D eigenvalue weighted by Crippen LogP contribution is 2.09. The van der Waals surface area contributed by atoms with Crippen molar-refractivity contribution in [3.8, 4) is 0 Å². The molecular weight excluding hydrogens is 283 g/mol. The monoisotopic (exact) mass is 308 g/mol. The Morgan fingerprint density at radius 1 is 1.05 bits per heavy atom. The number of nitrogens with one attached hydrogen (secondary N) is 2. The van der Waals surface area contributed by atoms with Gasteiger partial charge in [-0.1, -0.05) is 45.1 Å². The van der Waals surface area contributed by atoms with E-state index >= 15 is 0 Å². The molecule has 0 saturated heterocycles. The maximum atomic E-state index is 13.0. The van der Waals surface area contributed by atoms with E-state index in [0.717, 1.165) is 19.3 Å². The number of carbonyl (C=O) groups excluding carboxylic acids is 2. The van der Waals surface area contributed by atoms with Gasteiger partial charge in [0.15, 0.2) is 0 Å². The fourth-order valence-corrected chi connectivity index (χ4v) is 2.10. The zero-order valence-electron chi connectivity index (χ0n) is 13.2. The van der Waals surface area contributed by atoms with Crippen LogP contribution in [-0.2, 0) is 9.59 Å². The van der Waals surface area contributed by atoms with Gasteiger partial charge in [0.05, 0.1) is 6.54 Å². The molecule has 0 aliphatic carbocycles. The minimum absolute atomic E-state index is 0.0921. The molecule has 0 atom stereocenters. The molecule has 0 aromatic heterocycles. The first-order chi connectivity index (χ1) is 10.6. The lowest BCUT2D eigenvalue weighted by atomic mass is 10.1. The Hall–Kier alpha value is -1.91. The van der Waals surface area contributed by atoms with E-state index in [-0.39, 0.29) is 18.4 Å². The van der Waals surface area contributed by atoms with Crippen LogP contribution < -0.4 is 10.6 Å². The Labute approximate surface area is 131 Å². The quantitative estimate of drug-likeness (QED) is 0.648. The van der Waals surface area contributed by atoms with Crippen LogP contribution >= 0.6 is 0 Å². The van der Waals surface area contributed by atoms with Crippen molar-refractivity contribution in [2.75, 3.05) is 11.9 Å². The van der Waals surface area contributed by atoms with E-state index in [4.69, 9.17) is 0 Å². The van der Waals surface area contributed by atoms with Crippen LogP contribution in [0.5, 0.6) is 0 Å². The molecule has 22 heavy (non-hydrogen) atoms. The van der Waals surface area contributed by atoms with Gasteiger partial charge in [0.1, 0.15) is 5.82 Å². The molecule has 0 bridgehead atoms. The summed E-state index contributed by atoms with van der Waals surface area (Å²) in [4.78, 5) is 23.2. The Bertz CT molecular complexity index is 477. The summed E-state index contributed by atoms with van der Waals surface area (Å²) < 4.78 is 13.0. The fourth-order valence-electron chi connectivity index (χ4n) is 2.10. The van der Waals surface area contributed by atoms with Crippen molar-refractivity contribution in [1.82, 2.24) is 5.32 Å². The molecule has 1 aromatic rings. The predicted octanol–water partition coefficient (Wildman–Crippen LogP) is 3.63. The van der Waals surface area contributed by atoms with Crippen LogP contribution in [-0.4, -0.2) is 18.4 Å². The number of carbonyl (C=O) groups is 2. The number of hydrogen-bond acceptors (Lipinski definition) is 2. The molecule has 1 aromatic carbocycles. The van der Waals surface area contributed by atoms with Crippen molar-refractivity contribution < 1.29 is 14.0 Å². The molecule has 4 nitrogen and oxygen atoms in total. The second-order valence-electron chi connectivity index (χ2n) is 5.35. The molecule has 122 valence electrons.